The third-order valence-corrected chi connectivity index (χ3v) is 9.49. The Balaban J connectivity index is 1.59. The molecule has 1 aliphatic heterocycles. The number of rotatable bonds is 14. The van der Waals surface area contributed by atoms with Gasteiger partial charge in [-0.3, -0.25) is 4.79 Å². The number of methoxy groups -OCH3 is 2. The van der Waals surface area contributed by atoms with Crippen LogP contribution in [0.2, 0.25) is 5.82 Å². The zero-order valence-corrected chi connectivity index (χ0v) is 28.8. The van der Waals surface area contributed by atoms with Crippen LogP contribution in [0.5, 0.6) is 0 Å². The average molecular weight is 667 g/mol. The second-order valence-corrected chi connectivity index (χ2v) is 12.3. The first-order chi connectivity index (χ1) is 24.6. The van der Waals surface area contributed by atoms with Crippen molar-refractivity contribution in [2.75, 3.05) is 20.8 Å². The molecule has 1 heterocycles. The number of hydrogen-bond acceptors (Lipinski definition) is 6. The summed E-state index contributed by atoms with van der Waals surface area (Å²) < 4.78 is 33.4. The first-order valence-electron chi connectivity index (χ1n) is 17.1. The van der Waals surface area contributed by atoms with Crippen molar-refractivity contribution in [1.82, 2.24) is 0 Å². The highest BCUT2D eigenvalue weighted by Crippen LogP contribution is 2.51. The second-order valence-electron chi connectivity index (χ2n) is 12.3. The number of ether oxygens (including phenoxy) is 3. The van der Waals surface area contributed by atoms with E-state index in [2.05, 4.69) is 48.5 Å². The van der Waals surface area contributed by atoms with Crippen LogP contribution in [-0.4, -0.2) is 46.1 Å². The summed E-state index contributed by atoms with van der Waals surface area (Å²) in [6.07, 6.45) is 2.47. The minimum Gasteiger partial charge on any atom is -0.466 e. The van der Waals surface area contributed by atoms with Gasteiger partial charge >= 0.3 is 13.1 Å². The van der Waals surface area contributed by atoms with Gasteiger partial charge in [0, 0.05) is 20.0 Å². The third kappa shape index (κ3) is 6.96. The number of esters is 1. The first-order valence-corrected chi connectivity index (χ1v) is 17.1. The molecule has 5 aromatic carbocycles. The third-order valence-electron chi connectivity index (χ3n) is 9.49. The Morgan fingerprint density at radius 2 is 1.00 bits per heavy atom. The van der Waals surface area contributed by atoms with E-state index in [4.69, 9.17) is 23.5 Å². The zero-order chi connectivity index (χ0) is 34.8. The molecule has 1 saturated heterocycles. The molecule has 0 spiro atoms. The summed E-state index contributed by atoms with van der Waals surface area (Å²) in [6, 6.07) is 50.3. The Kier molecular flexibility index (Phi) is 11.4. The molecule has 7 heteroatoms. The van der Waals surface area contributed by atoms with E-state index in [1.165, 1.54) is 0 Å². The van der Waals surface area contributed by atoms with Gasteiger partial charge in [-0.1, -0.05) is 164 Å². The van der Waals surface area contributed by atoms with Crippen LogP contribution in [-0.2, 0) is 39.5 Å². The molecule has 0 radical (unpaired) electrons. The summed E-state index contributed by atoms with van der Waals surface area (Å²) in [5.74, 6) is -0.848. The van der Waals surface area contributed by atoms with Crippen LogP contribution in [0.25, 0.3) is 6.08 Å². The SMILES string of the molecule is CCOC(=O)C[C@@H](/C=C/c1ccccc1)B1O[C@@H](C(OC)(c2ccccc2)c2ccccc2)[C@H](C(OC)(c2ccccc2)c2ccccc2)O1. The van der Waals surface area contributed by atoms with Gasteiger partial charge in [0.1, 0.15) is 23.4 Å². The van der Waals surface area contributed by atoms with Gasteiger partial charge in [0.05, 0.1) is 13.0 Å². The fourth-order valence-electron chi connectivity index (χ4n) is 7.19. The summed E-state index contributed by atoms with van der Waals surface area (Å²) >= 11 is 0. The van der Waals surface area contributed by atoms with Crippen LogP contribution < -0.4 is 0 Å². The van der Waals surface area contributed by atoms with Crippen LogP contribution in [0.1, 0.15) is 41.2 Å². The van der Waals surface area contributed by atoms with Crippen LogP contribution in [0.15, 0.2) is 158 Å². The lowest BCUT2D eigenvalue weighted by Gasteiger charge is -2.47. The molecule has 0 aromatic heterocycles. The van der Waals surface area contributed by atoms with Gasteiger partial charge in [-0.25, -0.2) is 0 Å². The molecule has 254 valence electrons. The van der Waals surface area contributed by atoms with Gasteiger partial charge in [0.15, 0.2) is 0 Å². The van der Waals surface area contributed by atoms with Crippen molar-refractivity contribution in [2.24, 2.45) is 0 Å². The lowest BCUT2D eigenvalue weighted by Crippen LogP contribution is -2.56. The van der Waals surface area contributed by atoms with E-state index in [9.17, 15) is 4.79 Å². The lowest BCUT2D eigenvalue weighted by molar-refractivity contribution is -0.143. The Morgan fingerprint density at radius 3 is 1.34 bits per heavy atom. The molecule has 50 heavy (non-hydrogen) atoms. The molecular formula is C43H43BO6. The van der Waals surface area contributed by atoms with Gasteiger partial charge in [-0.05, 0) is 34.7 Å². The molecule has 0 bridgehead atoms. The van der Waals surface area contributed by atoms with E-state index >= 15 is 0 Å². The van der Waals surface area contributed by atoms with Gasteiger partial charge < -0.3 is 23.5 Å². The summed E-state index contributed by atoms with van der Waals surface area (Å²) in [7, 11) is 2.54. The Hall–Kier alpha value is -4.79. The quantitative estimate of drug-likeness (QED) is 0.0876. The van der Waals surface area contributed by atoms with Crippen LogP contribution in [0.4, 0.5) is 0 Å². The fraction of sp³-hybridized carbons (Fsp3) is 0.233. The van der Waals surface area contributed by atoms with Crippen LogP contribution in [0.3, 0.4) is 0 Å². The minimum absolute atomic E-state index is 0.0502. The number of carbonyl (C=O) groups excluding carboxylic acids is 1. The molecular weight excluding hydrogens is 623 g/mol. The highest BCUT2D eigenvalue weighted by molar-refractivity contribution is 6.48. The van der Waals surface area contributed by atoms with Crippen molar-refractivity contribution in [2.45, 2.75) is 42.6 Å². The molecule has 1 fully saturated rings. The maximum Gasteiger partial charge on any atom is 0.465 e. The van der Waals surface area contributed by atoms with E-state index in [0.717, 1.165) is 27.8 Å². The molecule has 6 rings (SSSR count). The highest BCUT2D eigenvalue weighted by Gasteiger charge is 2.62. The predicted molar refractivity (Wildman–Crippen MR) is 197 cm³/mol. The zero-order valence-electron chi connectivity index (χ0n) is 28.8. The van der Waals surface area contributed by atoms with Crippen molar-refractivity contribution >= 4 is 19.2 Å². The molecule has 3 atom stereocenters. The van der Waals surface area contributed by atoms with Gasteiger partial charge in [0.25, 0.3) is 0 Å². The molecule has 0 saturated carbocycles. The van der Waals surface area contributed by atoms with E-state index in [1.807, 2.05) is 115 Å². The van der Waals surface area contributed by atoms with E-state index in [1.54, 1.807) is 21.1 Å². The summed E-state index contributed by atoms with van der Waals surface area (Å²) in [5.41, 5.74) is 2.23. The molecule has 0 aliphatic carbocycles. The van der Waals surface area contributed by atoms with Crippen molar-refractivity contribution in [3.8, 4) is 0 Å². The molecule has 1 aliphatic rings. The maximum absolute atomic E-state index is 13.2. The summed E-state index contributed by atoms with van der Waals surface area (Å²) in [5, 5.41) is 0. The Labute approximate surface area is 295 Å². The standard InChI is InChI=1S/C43H43BO6/c1-4-48-39(45)32-38(31-30-33-20-10-5-11-21-33)44-49-40(42(46-2,34-22-12-6-13-23-34)35-24-14-7-15-25-35)41(50-44)43(47-3,36-26-16-8-17-27-36)37-28-18-9-19-29-37/h5-31,38,40-41H,4,32H2,1-3H3/b31-30+/t38-,40-,41-/m1/s1. The number of allylic oxidation sites excluding steroid dienone is 1. The van der Waals surface area contributed by atoms with E-state index in [-0.39, 0.29) is 19.0 Å². The fourth-order valence-corrected chi connectivity index (χ4v) is 7.19. The van der Waals surface area contributed by atoms with Gasteiger partial charge in [-0.15, -0.1) is 0 Å². The van der Waals surface area contributed by atoms with Gasteiger partial charge in [0.2, 0.25) is 0 Å². The molecule has 5 aromatic rings. The minimum atomic E-state index is -1.16. The normalized spacial score (nSPS) is 17.1. The van der Waals surface area contributed by atoms with Crippen molar-refractivity contribution < 1.29 is 28.3 Å². The smallest absolute Gasteiger partial charge is 0.465 e. The average Bonchev–Trinajstić information content (AvgIpc) is 3.62. The van der Waals surface area contributed by atoms with Crippen molar-refractivity contribution in [3.63, 3.8) is 0 Å². The van der Waals surface area contributed by atoms with E-state index in [0.29, 0.717) is 0 Å². The molecule has 0 unspecified atom stereocenters. The van der Waals surface area contributed by atoms with Crippen LogP contribution in [0, 0.1) is 0 Å². The maximum atomic E-state index is 13.2. The lowest BCUT2D eigenvalue weighted by atomic mass is 9.69. The summed E-state index contributed by atoms with van der Waals surface area (Å²) in [4.78, 5) is 13.2. The Morgan fingerprint density at radius 1 is 0.640 bits per heavy atom. The van der Waals surface area contributed by atoms with Crippen molar-refractivity contribution in [1.29, 1.82) is 0 Å². The number of hydrogen-bond donors (Lipinski definition) is 0. The highest BCUT2D eigenvalue weighted by atomic mass is 16.7. The Bertz CT molecular complexity index is 1620. The molecule has 0 amide bonds. The molecule has 0 N–H and O–H groups in total. The van der Waals surface area contributed by atoms with Gasteiger partial charge in [-0.2, -0.15) is 0 Å². The van der Waals surface area contributed by atoms with Crippen molar-refractivity contribution in [3.05, 3.63) is 186 Å². The number of carbonyl (C=O) groups is 1. The summed E-state index contributed by atoms with van der Waals surface area (Å²) in [6.45, 7) is 2.08. The second kappa shape index (κ2) is 16.3. The predicted octanol–water partition coefficient (Wildman–Crippen LogP) is 8.48. The number of benzene rings is 5. The first kappa shape index (κ1) is 35.1. The van der Waals surface area contributed by atoms with E-state index < -0.39 is 36.3 Å². The largest absolute Gasteiger partial charge is 0.466 e. The molecule has 6 nitrogen and oxygen atoms in total. The monoisotopic (exact) mass is 666 g/mol. The topological polar surface area (TPSA) is 63.2 Å². The van der Waals surface area contributed by atoms with Crippen LogP contribution >= 0.6 is 0 Å².